The topological polar surface area (TPSA) is 40.1 Å². The molecule has 0 bridgehead atoms. The number of benzene rings is 2. The van der Waals surface area contributed by atoms with Crippen LogP contribution >= 0.6 is 0 Å². The molecule has 2 aromatic rings. The molecule has 0 unspecified atom stereocenters. The Bertz CT molecular complexity index is 592. The van der Waals surface area contributed by atoms with Gasteiger partial charge in [-0.3, -0.25) is 0 Å². The molecule has 2 heteroatoms. The molecule has 0 amide bonds. The number of hydrogen-bond donors (Lipinski definition) is 0. The van der Waals surface area contributed by atoms with Gasteiger partial charge in [0, 0.05) is 0 Å². The molecule has 102 valence electrons. The molecule has 0 saturated heterocycles. The van der Waals surface area contributed by atoms with Crippen molar-refractivity contribution in [2.75, 3.05) is 0 Å². The highest BCUT2D eigenvalue weighted by atomic mass is 16.4. The maximum atomic E-state index is 10.3. The molecule has 0 aliphatic carbocycles. The monoisotopic (exact) mass is 265 g/mol. The van der Waals surface area contributed by atoms with Crippen molar-refractivity contribution in [3.8, 4) is 11.1 Å². The number of aliphatic carboxylic acids is 1. The second kappa shape index (κ2) is 6.71. The lowest BCUT2D eigenvalue weighted by Crippen LogP contribution is -2.18. The maximum absolute atomic E-state index is 10.3. The summed E-state index contributed by atoms with van der Waals surface area (Å²) in [5.41, 5.74) is 4.49. The van der Waals surface area contributed by atoms with Crippen LogP contribution in [0, 0.1) is 0 Å². The van der Waals surface area contributed by atoms with Gasteiger partial charge in [-0.25, -0.2) is 0 Å². The average Bonchev–Trinajstić information content (AvgIpc) is 2.47. The largest absolute Gasteiger partial charge is 0.545 e. The minimum atomic E-state index is -1.18. The third-order valence-corrected chi connectivity index (χ3v) is 3.15. The molecular weight excluding hydrogens is 248 g/mol. The second-order valence-electron chi connectivity index (χ2n) is 4.72. The van der Waals surface area contributed by atoms with Gasteiger partial charge in [0.2, 0.25) is 0 Å². The van der Waals surface area contributed by atoms with Crippen LogP contribution in [0.3, 0.4) is 0 Å². The number of rotatable bonds is 5. The lowest BCUT2D eigenvalue weighted by atomic mass is 10.0. The van der Waals surface area contributed by atoms with E-state index in [2.05, 4.69) is 31.2 Å². The summed E-state index contributed by atoms with van der Waals surface area (Å²) in [6, 6.07) is 16.3. The predicted octanol–water partition coefficient (Wildman–Crippen LogP) is 3.07. The van der Waals surface area contributed by atoms with E-state index < -0.39 is 5.97 Å². The highest BCUT2D eigenvalue weighted by Gasteiger charge is 1.98. The first kappa shape index (κ1) is 14.1. The standard InChI is InChI=1S/C18H18O2/c1-2-3-14-4-9-16(10-5-14)17-11-6-15(7-12-17)8-13-18(19)20/h4-13H,2-3H2,1H3,(H,19,20)/p-1/b13-8+. The molecule has 2 nitrogen and oxygen atoms in total. The van der Waals surface area contributed by atoms with Crippen molar-refractivity contribution < 1.29 is 9.90 Å². The van der Waals surface area contributed by atoms with Crippen molar-refractivity contribution in [1.82, 2.24) is 0 Å². The predicted molar refractivity (Wildman–Crippen MR) is 79.9 cm³/mol. The molecule has 0 spiro atoms. The number of aryl methyl sites for hydroxylation is 1. The maximum Gasteiger partial charge on any atom is 0.0643 e. The lowest BCUT2D eigenvalue weighted by molar-refractivity contribution is -0.297. The summed E-state index contributed by atoms with van der Waals surface area (Å²) in [5, 5.41) is 10.3. The van der Waals surface area contributed by atoms with E-state index in [1.807, 2.05) is 24.3 Å². The van der Waals surface area contributed by atoms with Crippen molar-refractivity contribution in [2.24, 2.45) is 0 Å². The van der Waals surface area contributed by atoms with E-state index >= 15 is 0 Å². The average molecular weight is 265 g/mol. The Morgan fingerprint density at radius 1 is 1.00 bits per heavy atom. The second-order valence-corrected chi connectivity index (χ2v) is 4.72. The van der Waals surface area contributed by atoms with Crippen molar-refractivity contribution >= 4 is 12.0 Å². The molecular formula is C18H17O2-. The van der Waals surface area contributed by atoms with Gasteiger partial charge in [-0.15, -0.1) is 0 Å². The summed E-state index contributed by atoms with van der Waals surface area (Å²) in [6.07, 6.45) is 4.82. The van der Waals surface area contributed by atoms with Gasteiger partial charge in [0.15, 0.2) is 0 Å². The molecule has 0 saturated carbocycles. The number of carbonyl (C=O) groups excluding carboxylic acids is 1. The van der Waals surface area contributed by atoms with Gasteiger partial charge in [0.25, 0.3) is 0 Å². The molecule has 20 heavy (non-hydrogen) atoms. The Labute approximate surface area is 119 Å². The van der Waals surface area contributed by atoms with Crippen LogP contribution in [0.5, 0.6) is 0 Å². The van der Waals surface area contributed by atoms with E-state index in [9.17, 15) is 9.90 Å². The van der Waals surface area contributed by atoms with E-state index in [0.29, 0.717) is 0 Å². The highest BCUT2D eigenvalue weighted by molar-refractivity contribution is 5.83. The Morgan fingerprint density at radius 2 is 1.55 bits per heavy atom. The normalized spacial score (nSPS) is 10.8. The Kier molecular flexibility index (Phi) is 4.72. The van der Waals surface area contributed by atoms with Gasteiger partial charge in [0.1, 0.15) is 0 Å². The minimum Gasteiger partial charge on any atom is -0.545 e. The van der Waals surface area contributed by atoms with Crippen LogP contribution in [-0.4, -0.2) is 5.97 Å². The lowest BCUT2D eigenvalue weighted by Gasteiger charge is -2.04. The first-order chi connectivity index (χ1) is 9.69. The fourth-order valence-corrected chi connectivity index (χ4v) is 2.10. The number of carboxylic acid groups (broad SMARTS) is 1. The molecule has 0 aliphatic rings. The molecule has 0 N–H and O–H groups in total. The zero-order chi connectivity index (χ0) is 14.4. The number of carboxylic acids is 1. The summed E-state index contributed by atoms with van der Waals surface area (Å²) < 4.78 is 0. The van der Waals surface area contributed by atoms with Crippen molar-refractivity contribution in [1.29, 1.82) is 0 Å². The van der Waals surface area contributed by atoms with Crippen LogP contribution in [0.4, 0.5) is 0 Å². The fourth-order valence-electron chi connectivity index (χ4n) is 2.10. The van der Waals surface area contributed by atoms with Crippen molar-refractivity contribution in [3.05, 3.63) is 65.7 Å². The van der Waals surface area contributed by atoms with Crippen LogP contribution in [0.25, 0.3) is 17.2 Å². The zero-order valence-electron chi connectivity index (χ0n) is 11.5. The summed E-state index contributed by atoms with van der Waals surface area (Å²) in [7, 11) is 0. The fraction of sp³-hybridized carbons (Fsp3) is 0.167. The molecule has 0 aromatic heterocycles. The van der Waals surface area contributed by atoms with Gasteiger partial charge < -0.3 is 9.90 Å². The number of carbonyl (C=O) groups is 1. The van der Waals surface area contributed by atoms with Crippen LogP contribution < -0.4 is 5.11 Å². The van der Waals surface area contributed by atoms with Crippen LogP contribution in [0.1, 0.15) is 24.5 Å². The van der Waals surface area contributed by atoms with E-state index in [1.54, 1.807) is 0 Å². The molecule has 2 rings (SSSR count). The van der Waals surface area contributed by atoms with Gasteiger partial charge in [0.05, 0.1) is 5.97 Å². The highest BCUT2D eigenvalue weighted by Crippen LogP contribution is 2.21. The minimum absolute atomic E-state index is 0.848. The van der Waals surface area contributed by atoms with E-state index in [1.165, 1.54) is 17.2 Å². The smallest absolute Gasteiger partial charge is 0.0643 e. The van der Waals surface area contributed by atoms with Crippen LogP contribution in [0.2, 0.25) is 0 Å². The van der Waals surface area contributed by atoms with Gasteiger partial charge in [-0.1, -0.05) is 68.0 Å². The summed E-state index contributed by atoms with van der Waals surface area (Å²) >= 11 is 0. The van der Waals surface area contributed by atoms with Gasteiger partial charge in [-0.2, -0.15) is 0 Å². The van der Waals surface area contributed by atoms with E-state index in [4.69, 9.17) is 0 Å². The molecule has 0 fully saturated rings. The van der Waals surface area contributed by atoms with Crippen molar-refractivity contribution in [3.63, 3.8) is 0 Å². The van der Waals surface area contributed by atoms with Gasteiger partial charge >= 0.3 is 0 Å². The third kappa shape index (κ3) is 3.82. The summed E-state index contributed by atoms with van der Waals surface area (Å²) in [4.78, 5) is 10.3. The molecule has 2 aromatic carbocycles. The summed E-state index contributed by atoms with van der Waals surface area (Å²) in [6.45, 7) is 2.17. The van der Waals surface area contributed by atoms with E-state index in [0.717, 1.165) is 30.0 Å². The Hall–Kier alpha value is -2.35. The molecule has 0 heterocycles. The van der Waals surface area contributed by atoms with Crippen LogP contribution in [0.15, 0.2) is 54.6 Å². The third-order valence-electron chi connectivity index (χ3n) is 3.15. The number of hydrogen-bond acceptors (Lipinski definition) is 2. The quantitative estimate of drug-likeness (QED) is 0.779. The zero-order valence-corrected chi connectivity index (χ0v) is 11.5. The van der Waals surface area contributed by atoms with E-state index in [-0.39, 0.29) is 0 Å². The Balaban J connectivity index is 2.15. The summed E-state index contributed by atoms with van der Waals surface area (Å²) in [5.74, 6) is -1.18. The first-order valence-electron chi connectivity index (χ1n) is 6.77. The Morgan fingerprint density at radius 3 is 2.05 bits per heavy atom. The molecule has 0 atom stereocenters. The molecule has 0 aliphatic heterocycles. The van der Waals surface area contributed by atoms with Gasteiger partial charge in [-0.05, 0) is 34.8 Å². The SMILES string of the molecule is CCCc1ccc(-c2ccc(/C=C/C(=O)[O-])cc2)cc1. The first-order valence-corrected chi connectivity index (χ1v) is 6.77. The van der Waals surface area contributed by atoms with Crippen molar-refractivity contribution in [2.45, 2.75) is 19.8 Å². The van der Waals surface area contributed by atoms with Crippen LogP contribution in [-0.2, 0) is 11.2 Å². The molecule has 0 radical (unpaired) electrons.